The third kappa shape index (κ3) is 3.75. The summed E-state index contributed by atoms with van der Waals surface area (Å²) < 4.78 is 1.80. The van der Waals surface area contributed by atoms with E-state index in [0.717, 1.165) is 26.9 Å². The molecular weight excluding hydrogens is 278 g/mol. The fraction of sp³-hybridized carbons (Fsp3) is 0.357. The Morgan fingerprint density at radius 3 is 2.79 bits per heavy atom. The average molecular weight is 296 g/mol. The number of hydrogen-bond acceptors (Lipinski definition) is 3. The smallest absolute Gasteiger partial charge is 0.0629 e. The molecule has 1 unspecified atom stereocenters. The van der Waals surface area contributed by atoms with Gasteiger partial charge < -0.3 is 5.32 Å². The number of rotatable bonds is 5. The van der Waals surface area contributed by atoms with Gasteiger partial charge in [-0.1, -0.05) is 36.4 Å². The minimum Gasteiger partial charge on any atom is -0.310 e. The van der Waals surface area contributed by atoms with Crippen LogP contribution in [0.5, 0.6) is 0 Å². The zero-order valence-electron chi connectivity index (χ0n) is 11.4. The summed E-state index contributed by atoms with van der Waals surface area (Å²) in [6.45, 7) is 5.15. The van der Waals surface area contributed by atoms with Crippen LogP contribution in [0.25, 0.3) is 0 Å². The quantitative estimate of drug-likeness (QED) is 0.907. The monoisotopic (exact) mass is 295 g/mol. The number of halogens is 1. The van der Waals surface area contributed by atoms with Crippen molar-refractivity contribution in [1.29, 1.82) is 0 Å². The Bertz CT molecular complexity index is 553. The lowest BCUT2D eigenvalue weighted by molar-refractivity contribution is 0.598. The van der Waals surface area contributed by atoms with Gasteiger partial charge in [-0.15, -0.1) is 0 Å². The number of nitrogens with zero attached hydrogens (tertiary/aromatic N) is 2. The van der Waals surface area contributed by atoms with Crippen LogP contribution in [-0.2, 0) is 7.05 Å². The van der Waals surface area contributed by atoms with E-state index < -0.39 is 0 Å². The summed E-state index contributed by atoms with van der Waals surface area (Å²) >= 11 is 8.03. The van der Waals surface area contributed by atoms with E-state index in [1.807, 2.05) is 25.5 Å². The molecule has 0 radical (unpaired) electrons. The van der Waals surface area contributed by atoms with E-state index in [9.17, 15) is 0 Å². The van der Waals surface area contributed by atoms with E-state index in [1.165, 1.54) is 0 Å². The van der Waals surface area contributed by atoms with Crippen molar-refractivity contribution in [3.8, 4) is 0 Å². The van der Waals surface area contributed by atoms with Gasteiger partial charge in [0.25, 0.3) is 0 Å². The number of nitrogens with one attached hydrogen (secondary N) is 1. The van der Waals surface area contributed by atoms with Gasteiger partial charge in [0.15, 0.2) is 0 Å². The van der Waals surface area contributed by atoms with Crippen LogP contribution in [0.1, 0.15) is 25.5 Å². The number of aromatic nitrogens is 2. The molecule has 0 aliphatic heterocycles. The summed E-state index contributed by atoms with van der Waals surface area (Å²) in [5, 5.41) is 8.34. The molecule has 1 N–H and O–H groups in total. The van der Waals surface area contributed by atoms with Crippen LogP contribution in [0, 0.1) is 0 Å². The summed E-state index contributed by atoms with van der Waals surface area (Å²) in [7, 11) is 1.91. The lowest BCUT2D eigenvalue weighted by Gasteiger charge is -2.15. The molecular formula is C14H18ClN3S. The van der Waals surface area contributed by atoms with Crippen molar-refractivity contribution in [1.82, 2.24) is 15.1 Å². The van der Waals surface area contributed by atoms with Crippen molar-refractivity contribution in [2.75, 3.05) is 6.54 Å². The van der Waals surface area contributed by atoms with Gasteiger partial charge in [-0.05, 0) is 31.2 Å². The third-order valence-electron chi connectivity index (χ3n) is 2.87. The molecule has 2 rings (SSSR count). The van der Waals surface area contributed by atoms with Crippen molar-refractivity contribution in [3.63, 3.8) is 0 Å². The van der Waals surface area contributed by atoms with Gasteiger partial charge in [0.05, 0.1) is 11.1 Å². The van der Waals surface area contributed by atoms with Crippen LogP contribution < -0.4 is 5.32 Å². The lowest BCUT2D eigenvalue weighted by Crippen LogP contribution is -2.17. The van der Waals surface area contributed by atoms with Crippen LogP contribution in [-0.4, -0.2) is 16.3 Å². The predicted octanol–water partition coefficient (Wildman–Crippen LogP) is 3.90. The van der Waals surface area contributed by atoms with Crippen molar-refractivity contribution in [3.05, 3.63) is 41.2 Å². The van der Waals surface area contributed by atoms with E-state index in [4.69, 9.17) is 11.6 Å². The molecule has 0 aliphatic carbocycles. The Kier molecular flexibility index (Phi) is 4.91. The Labute approximate surface area is 123 Å². The first-order valence-electron chi connectivity index (χ1n) is 6.29. The summed E-state index contributed by atoms with van der Waals surface area (Å²) in [6.07, 6.45) is 3.85. The van der Waals surface area contributed by atoms with Crippen LogP contribution in [0.3, 0.4) is 0 Å². The van der Waals surface area contributed by atoms with Crippen LogP contribution >= 0.6 is 23.4 Å². The summed E-state index contributed by atoms with van der Waals surface area (Å²) in [6, 6.07) is 6.48. The minimum atomic E-state index is 0.273. The highest BCUT2D eigenvalue weighted by Gasteiger charge is 2.09. The maximum atomic E-state index is 6.36. The second-order valence-corrected chi connectivity index (χ2v) is 5.97. The largest absolute Gasteiger partial charge is 0.310 e. The van der Waals surface area contributed by atoms with Crippen molar-refractivity contribution < 1.29 is 0 Å². The zero-order chi connectivity index (χ0) is 13.8. The second-order valence-electron chi connectivity index (χ2n) is 4.41. The fourth-order valence-corrected chi connectivity index (χ4v) is 3.23. The molecule has 0 saturated carbocycles. The van der Waals surface area contributed by atoms with Gasteiger partial charge in [0.1, 0.15) is 0 Å². The van der Waals surface area contributed by atoms with Gasteiger partial charge in [-0.3, -0.25) is 4.68 Å². The molecule has 1 aromatic carbocycles. The zero-order valence-corrected chi connectivity index (χ0v) is 12.9. The van der Waals surface area contributed by atoms with Crippen LogP contribution in [0.2, 0.25) is 5.02 Å². The molecule has 19 heavy (non-hydrogen) atoms. The van der Waals surface area contributed by atoms with E-state index >= 15 is 0 Å². The Morgan fingerprint density at radius 1 is 1.42 bits per heavy atom. The van der Waals surface area contributed by atoms with E-state index in [-0.39, 0.29) is 6.04 Å². The Morgan fingerprint density at radius 2 is 2.21 bits per heavy atom. The molecule has 5 heteroatoms. The molecule has 1 atom stereocenters. The summed E-state index contributed by atoms with van der Waals surface area (Å²) in [4.78, 5) is 2.25. The standard InChI is InChI=1S/C14H18ClN3S/c1-4-16-10(2)13-6-5-11(7-14(13)15)19-12-8-17-18(3)9-12/h5-10,16H,4H2,1-3H3. The molecule has 3 nitrogen and oxygen atoms in total. The molecule has 0 fully saturated rings. The first-order valence-corrected chi connectivity index (χ1v) is 7.49. The van der Waals surface area contributed by atoms with E-state index in [1.54, 1.807) is 16.4 Å². The normalized spacial score (nSPS) is 12.6. The third-order valence-corrected chi connectivity index (χ3v) is 4.13. The predicted molar refractivity (Wildman–Crippen MR) is 80.9 cm³/mol. The van der Waals surface area contributed by atoms with Crippen molar-refractivity contribution >= 4 is 23.4 Å². The molecule has 0 spiro atoms. The molecule has 2 aromatic rings. The maximum Gasteiger partial charge on any atom is 0.0629 e. The number of aryl methyl sites for hydroxylation is 1. The van der Waals surface area contributed by atoms with Crippen molar-refractivity contribution in [2.24, 2.45) is 7.05 Å². The van der Waals surface area contributed by atoms with Gasteiger partial charge >= 0.3 is 0 Å². The summed E-state index contributed by atoms with van der Waals surface area (Å²) in [5.74, 6) is 0. The highest BCUT2D eigenvalue weighted by atomic mass is 35.5. The van der Waals surface area contributed by atoms with Crippen molar-refractivity contribution in [2.45, 2.75) is 29.7 Å². The Balaban J connectivity index is 2.14. The Hall–Kier alpha value is -0.970. The van der Waals surface area contributed by atoms with Crippen LogP contribution in [0.15, 0.2) is 40.4 Å². The molecule has 0 saturated heterocycles. The summed E-state index contributed by atoms with van der Waals surface area (Å²) in [5.41, 5.74) is 1.14. The van der Waals surface area contributed by atoms with Gasteiger partial charge in [-0.25, -0.2) is 0 Å². The number of benzene rings is 1. The molecule has 1 heterocycles. The molecule has 0 aliphatic rings. The van der Waals surface area contributed by atoms with Crippen LogP contribution in [0.4, 0.5) is 0 Å². The molecule has 1 aromatic heterocycles. The first-order chi connectivity index (χ1) is 9.10. The SMILES string of the molecule is CCNC(C)c1ccc(Sc2cnn(C)c2)cc1Cl. The highest BCUT2D eigenvalue weighted by Crippen LogP contribution is 2.32. The highest BCUT2D eigenvalue weighted by molar-refractivity contribution is 7.99. The number of hydrogen-bond donors (Lipinski definition) is 1. The van der Waals surface area contributed by atoms with Gasteiger partial charge in [0, 0.05) is 29.2 Å². The lowest BCUT2D eigenvalue weighted by atomic mass is 10.1. The molecule has 0 bridgehead atoms. The second kappa shape index (κ2) is 6.46. The maximum absolute atomic E-state index is 6.36. The average Bonchev–Trinajstić information content (AvgIpc) is 2.75. The van der Waals surface area contributed by atoms with Gasteiger partial charge in [0.2, 0.25) is 0 Å². The topological polar surface area (TPSA) is 29.9 Å². The van der Waals surface area contributed by atoms with E-state index in [2.05, 4.69) is 36.4 Å². The van der Waals surface area contributed by atoms with Gasteiger partial charge in [-0.2, -0.15) is 5.10 Å². The minimum absolute atomic E-state index is 0.273. The molecule has 102 valence electrons. The fourth-order valence-electron chi connectivity index (χ4n) is 1.93. The first kappa shape index (κ1) is 14.4. The van der Waals surface area contributed by atoms with E-state index in [0.29, 0.717) is 0 Å². The molecule has 0 amide bonds.